The number of unbranched alkanes of at least 4 members (excludes halogenated alkanes) is 2. The minimum Gasteiger partial charge on any atom is -0.465 e. The lowest BCUT2D eigenvalue weighted by Crippen LogP contribution is -2.59. The third kappa shape index (κ3) is 5.67. The molecule has 0 aliphatic carbocycles. The van der Waals surface area contributed by atoms with Gasteiger partial charge < -0.3 is 24.4 Å². The Labute approximate surface area is 261 Å². The topological polar surface area (TPSA) is 96.4 Å². The number of hydrogen-bond donors (Lipinski definition) is 1. The van der Waals surface area contributed by atoms with Gasteiger partial charge in [-0.05, 0) is 69.4 Å². The van der Waals surface area contributed by atoms with Gasteiger partial charge in [0.1, 0.15) is 17.6 Å². The summed E-state index contributed by atoms with van der Waals surface area (Å²) < 4.78 is 12.6. The van der Waals surface area contributed by atoms with Crippen LogP contribution < -0.4 is 4.90 Å². The van der Waals surface area contributed by atoms with Gasteiger partial charge in [-0.25, -0.2) is 0 Å². The number of anilines is 1. The third-order valence-corrected chi connectivity index (χ3v) is 9.98. The Kier molecular flexibility index (Phi) is 10.1. The van der Waals surface area contributed by atoms with E-state index in [1.807, 2.05) is 52.8 Å². The normalized spacial score (nSPS) is 30.0. The molecule has 4 rings (SSSR count). The number of ether oxygens (including phenoxy) is 2. The van der Waals surface area contributed by atoms with Gasteiger partial charge >= 0.3 is 5.97 Å². The fraction of sp³-hybridized carbons (Fsp3) is 0.618. The lowest BCUT2D eigenvalue weighted by molar-refractivity contribution is -0.162. The SMILES string of the molecule is C=CCCCCOC(=O)[C@@H]1[C@H]2C(=O)N([C@@H](CO)CC(C)C)C(C(=O)N(CC=C)c3c(C)cccc3Cl)C23CC(C)[C@@]1(C)O3. The molecule has 2 bridgehead atoms. The molecule has 1 spiro atoms. The maximum atomic E-state index is 14.9. The highest BCUT2D eigenvalue weighted by molar-refractivity contribution is 6.34. The Morgan fingerprint density at radius 3 is 2.60 bits per heavy atom. The number of aliphatic hydroxyl groups is 1. The quantitative estimate of drug-likeness (QED) is 0.169. The number of carbonyl (C=O) groups is 3. The molecule has 1 N–H and O–H groups in total. The molecule has 1 aromatic rings. The van der Waals surface area contributed by atoms with Crippen LogP contribution in [-0.2, 0) is 23.9 Å². The number of halogens is 1. The van der Waals surface area contributed by atoms with Crippen molar-refractivity contribution in [3.63, 3.8) is 0 Å². The predicted molar refractivity (Wildman–Crippen MR) is 168 cm³/mol. The molecule has 3 aliphatic heterocycles. The summed E-state index contributed by atoms with van der Waals surface area (Å²) in [5, 5.41) is 11.0. The van der Waals surface area contributed by atoms with Crippen molar-refractivity contribution < 1.29 is 29.0 Å². The van der Waals surface area contributed by atoms with Gasteiger partial charge in [0.25, 0.3) is 5.91 Å². The molecule has 0 aromatic heterocycles. The highest BCUT2D eigenvalue weighted by Gasteiger charge is 2.80. The average Bonchev–Trinajstić information content (AvgIpc) is 3.47. The maximum absolute atomic E-state index is 14.9. The number of allylic oxidation sites excluding steroid dienone is 1. The first-order valence-electron chi connectivity index (χ1n) is 15.5. The van der Waals surface area contributed by atoms with Gasteiger partial charge in [-0.3, -0.25) is 14.4 Å². The Morgan fingerprint density at radius 1 is 1.28 bits per heavy atom. The monoisotopic (exact) mass is 614 g/mol. The van der Waals surface area contributed by atoms with Crippen molar-refractivity contribution in [3.05, 3.63) is 54.1 Å². The Morgan fingerprint density at radius 2 is 2.00 bits per heavy atom. The van der Waals surface area contributed by atoms with Crippen LogP contribution in [0.25, 0.3) is 0 Å². The van der Waals surface area contributed by atoms with Gasteiger partial charge in [0, 0.05) is 6.54 Å². The fourth-order valence-corrected chi connectivity index (χ4v) is 8.04. The van der Waals surface area contributed by atoms with Crippen LogP contribution in [0.1, 0.15) is 65.4 Å². The van der Waals surface area contributed by atoms with Gasteiger partial charge in [0.15, 0.2) is 0 Å². The maximum Gasteiger partial charge on any atom is 0.312 e. The second kappa shape index (κ2) is 13.1. The molecule has 3 unspecified atom stereocenters. The summed E-state index contributed by atoms with van der Waals surface area (Å²) in [4.78, 5) is 46.4. The van der Waals surface area contributed by atoms with Gasteiger partial charge in [0.05, 0.1) is 41.5 Å². The van der Waals surface area contributed by atoms with E-state index in [1.165, 1.54) is 4.90 Å². The summed E-state index contributed by atoms with van der Waals surface area (Å²) in [5.41, 5.74) is -0.927. The molecule has 43 heavy (non-hydrogen) atoms. The molecular formula is C34H47ClN2O6. The van der Waals surface area contributed by atoms with Crippen molar-refractivity contribution >= 4 is 35.1 Å². The number of para-hydroxylation sites is 1. The molecule has 3 fully saturated rings. The minimum absolute atomic E-state index is 0.127. The van der Waals surface area contributed by atoms with Crippen LogP contribution in [0.4, 0.5) is 5.69 Å². The molecule has 9 heteroatoms. The number of amides is 2. The largest absolute Gasteiger partial charge is 0.465 e. The molecule has 7 atom stereocenters. The Balaban J connectivity index is 1.83. The number of likely N-dealkylation sites (tertiary alicyclic amines) is 1. The standard InChI is InChI=1S/C34H47ClN2O6/c1-8-10-11-12-17-42-32(41)27-26-30(39)37(24(20-38)18-21(3)4)29(34(26)19-23(6)33(27,7)43-34)31(40)36(16-9-2)28-22(5)14-13-15-25(28)35/h8-9,13-15,21,23-24,26-27,29,38H,1-2,10-12,16-20H2,3-7H3/t23?,24-,26+,27+,29?,33-,34?/m1/s1. The van der Waals surface area contributed by atoms with Crippen molar-refractivity contribution in [1.29, 1.82) is 0 Å². The average molecular weight is 615 g/mol. The van der Waals surface area contributed by atoms with E-state index in [0.717, 1.165) is 18.4 Å². The van der Waals surface area contributed by atoms with Crippen LogP contribution in [0.5, 0.6) is 0 Å². The predicted octanol–water partition coefficient (Wildman–Crippen LogP) is 5.48. The van der Waals surface area contributed by atoms with E-state index in [4.69, 9.17) is 21.1 Å². The first-order valence-corrected chi connectivity index (χ1v) is 15.8. The number of fused-ring (bicyclic) bond motifs is 1. The Bertz CT molecular complexity index is 1230. The number of rotatable bonds is 14. The number of benzene rings is 1. The van der Waals surface area contributed by atoms with Crippen molar-refractivity contribution in [2.24, 2.45) is 23.7 Å². The van der Waals surface area contributed by atoms with Crippen molar-refractivity contribution in [2.45, 2.75) is 90.0 Å². The van der Waals surface area contributed by atoms with Crippen LogP contribution in [-0.4, -0.2) is 70.8 Å². The summed E-state index contributed by atoms with van der Waals surface area (Å²) >= 11 is 6.67. The van der Waals surface area contributed by atoms with E-state index in [9.17, 15) is 19.5 Å². The molecular weight excluding hydrogens is 568 g/mol. The van der Waals surface area contributed by atoms with Gasteiger partial charge in [-0.1, -0.05) is 56.7 Å². The van der Waals surface area contributed by atoms with E-state index in [0.29, 0.717) is 30.0 Å². The van der Waals surface area contributed by atoms with E-state index >= 15 is 0 Å². The number of aliphatic hydroxyl groups excluding tert-OH is 1. The zero-order valence-electron chi connectivity index (χ0n) is 26.2. The molecule has 236 valence electrons. The number of esters is 1. The van der Waals surface area contributed by atoms with Crippen LogP contribution in [0.2, 0.25) is 5.02 Å². The van der Waals surface area contributed by atoms with Crippen molar-refractivity contribution in [1.82, 2.24) is 4.90 Å². The van der Waals surface area contributed by atoms with E-state index < -0.39 is 41.1 Å². The highest BCUT2D eigenvalue weighted by Crippen LogP contribution is 2.66. The first kappa shape index (κ1) is 33.2. The lowest BCUT2D eigenvalue weighted by Gasteiger charge is -2.40. The molecule has 0 radical (unpaired) electrons. The van der Waals surface area contributed by atoms with E-state index in [2.05, 4.69) is 13.2 Å². The van der Waals surface area contributed by atoms with Gasteiger partial charge in [-0.15, -0.1) is 13.2 Å². The zero-order valence-corrected chi connectivity index (χ0v) is 26.9. The second-order valence-electron chi connectivity index (χ2n) is 13.0. The molecule has 0 saturated carbocycles. The van der Waals surface area contributed by atoms with Crippen LogP contribution in [0.15, 0.2) is 43.5 Å². The summed E-state index contributed by atoms with van der Waals surface area (Å²) in [6, 6.07) is 3.70. The van der Waals surface area contributed by atoms with Crippen LogP contribution in [0, 0.1) is 30.6 Å². The molecule has 8 nitrogen and oxygen atoms in total. The molecule has 3 saturated heterocycles. The second-order valence-corrected chi connectivity index (χ2v) is 13.4. The van der Waals surface area contributed by atoms with Gasteiger partial charge in [-0.2, -0.15) is 0 Å². The number of aryl methyl sites for hydroxylation is 1. The summed E-state index contributed by atoms with van der Waals surface area (Å²) in [5.74, 6) is -2.98. The molecule has 1 aromatic carbocycles. The van der Waals surface area contributed by atoms with Crippen LogP contribution >= 0.6 is 11.6 Å². The highest BCUT2D eigenvalue weighted by atomic mass is 35.5. The first-order chi connectivity index (χ1) is 20.4. The number of nitrogens with zero attached hydrogens (tertiary/aromatic N) is 2. The molecule has 3 aliphatic rings. The summed E-state index contributed by atoms with van der Waals surface area (Å²) in [7, 11) is 0. The number of hydrogen-bond acceptors (Lipinski definition) is 6. The third-order valence-electron chi connectivity index (χ3n) is 9.67. The zero-order chi connectivity index (χ0) is 31.7. The minimum atomic E-state index is -1.27. The summed E-state index contributed by atoms with van der Waals surface area (Å²) in [6.07, 6.45) is 6.70. The Hall–Kier alpha value is -2.68. The van der Waals surface area contributed by atoms with Crippen molar-refractivity contribution in [2.75, 3.05) is 24.7 Å². The number of carbonyl (C=O) groups excluding carboxylic acids is 3. The smallest absolute Gasteiger partial charge is 0.312 e. The molecule has 2 amide bonds. The lowest BCUT2D eigenvalue weighted by atomic mass is 9.62. The van der Waals surface area contributed by atoms with Crippen LogP contribution in [0.3, 0.4) is 0 Å². The summed E-state index contributed by atoms with van der Waals surface area (Å²) in [6.45, 7) is 17.4. The van der Waals surface area contributed by atoms with E-state index in [-0.39, 0.29) is 43.4 Å². The van der Waals surface area contributed by atoms with E-state index in [1.54, 1.807) is 17.0 Å². The van der Waals surface area contributed by atoms with Gasteiger partial charge in [0.2, 0.25) is 5.91 Å². The fourth-order valence-electron chi connectivity index (χ4n) is 7.71. The van der Waals surface area contributed by atoms with Crippen molar-refractivity contribution in [3.8, 4) is 0 Å². The molecule has 3 heterocycles.